The van der Waals surface area contributed by atoms with Gasteiger partial charge in [-0.3, -0.25) is 4.79 Å². The maximum Gasteiger partial charge on any atom is 0.217 e. The van der Waals surface area contributed by atoms with Crippen molar-refractivity contribution in [1.29, 1.82) is 0 Å². The number of nitrogens with one attached hydrogen (secondary N) is 1. The third-order valence-corrected chi connectivity index (χ3v) is 4.30. The fourth-order valence-corrected chi connectivity index (χ4v) is 2.94. The van der Waals surface area contributed by atoms with Crippen LogP contribution in [0, 0.1) is 0 Å². The Labute approximate surface area is 128 Å². The molecule has 0 saturated heterocycles. The van der Waals surface area contributed by atoms with Crippen LogP contribution in [-0.4, -0.2) is 27.3 Å². The molecule has 0 aliphatic carbocycles. The average Bonchev–Trinajstić information content (AvgIpc) is 3.04. The van der Waals surface area contributed by atoms with Crippen LogP contribution < -0.4 is 11.1 Å². The van der Waals surface area contributed by atoms with Gasteiger partial charge in [0.1, 0.15) is 16.4 Å². The molecule has 0 aliphatic rings. The van der Waals surface area contributed by atoms with E-state index in [1.807, 2.05) is 17.0 Å². The lowest BCUT2D eigenvalue weighted by Crippen LogP contribution is -2.18. The highest BCUT2D eigenvalue weighted by Crippen LogP contribution is 2.28. The van der Waals surface area contributed by atoms with Crippen LogP contribution in [0.1, 0.15) is 11.9 Å². The zero-order valence-corrected chi connectivity index (χ0v) is 13.4. The van der Waals surface area contributed by atoms with E-state index in [1.54, 1.807) is 0 Å². The van der Waals surface area contributed by atoms with Gasteiger partial charge in [0.25, 0.3) is 0 Å². The van der Waals surface area contributed by atoms with Gasteiger partial charge in [0.2, 0.25) is 11.0 Å². The van der Waals surface area contributed by atoms with Crippen LogP contribution in [0.25, 0.3) is 11.4 Å². The summed E-state index contributed by atoms with van der Waals surface area (Å²) in [4.78, 5) is 23.8. The highest BCUT2D eigenvalue weighted by Gasteiger charge is 2.09. The molecule has 0 aliphatic heterocycles. The number of carbonyl (C=O) groups excluding carboxylic acids is 1. The van der Waals surface area contributed by atoms with Crippen molar-refractivity contribution < 1.29 is 4.79 Å². The number of aromatic nitrogens is 2. The molecule has 0 fully saturated rings. The van der Waals surface area contributed by atoms with Crippen molar-refractivity contribution in [3.63, 3.8) is 0 Å². The second-order valence-electron chi connectivity index (χ2n) is 3.71. The molecule has 6 nitrogen and oxygen atoms in total. The Morgan fingerprint density at radius 3 is 2.80 bits per heavy atom. The molecular formula is C11H13N5OS3. The Hall–Kier alpha value is -1.45. The largest absolute Gasteiger partial charge is 0.378 e. The minimum Gasteiger partial charge on any atom is -0.378 e. The molecule has 3 N–H and O–H groups in total. The first-order valence-corrected chi connectivity index (χ1v) is 8.59. The number of thiazole rings is 2. The molecular weight excluding hydrogens is 314 g/mol. The molecule has 9 heteroatoms. The molecule has 0 bridgehead atoms. The summed E-state index contributed by atoms with van der Waals surface area (Å²) < 4.78 is 0. The van der Waals surface area contributed by atoms with Gasteiger partial charge in [0.05, 0.1) is 6.54 Å². The summed E-state index contributed by atoms with van der Waals surface area (Å²) in [6, 6.07) is 0. The van der Waals surface area contributed by atoms with Gasteiger partial charge in [-0.1, -0.05) is 11.8 Å². The monoisotopic (exact) mass is 327 g/mol. The number of rotatable bonds is 4. The zero-order valence-electron chi connectivity index (χ0n) is 10.9. The van der Waals surface area contributed by atoms with Crippen LogP contribution in [0.4, 0.5) is 5.13 Å². The molecule has 0 aromatic carbocycles. The summed E-state index contributed by atoms with van der Waals surface area (Å²) >= 11 is 4.29. The average molecular weight is 327 g/mol. The molecule has 0 saturated carbocycles. The summed E-state index contributed by atoms with van der Waals surface area (Å²) in [6.07, 6.45) is 1.86. The first-order chi connectivity index (χ1) is 9.58. The van der Waals surface area contributed by atoms with Crippen molar-refractivity contribution in [2.45, 2.75) is 13.5 Å². The molecule has 106 valence electrons. The van der Waals surface area contributed by atoms with Crippen molar-refractivity contribution in [3.8, 4) is 11.4 Å². The van der Waals surface area contributed by atoms with Crippen molar-refractivity contribution in [2.24, 2.45) is 10.7 Å². The number of carbonyl (C=O) groups is 1. The Balaban J connectivity index is 2.10. The van der Waals surface area contributed by atoms with Crippen LogP contribution in [0.5, 0.6) is 0 Å². The molecule has 0 atom stereocenters. The molecule has 0 spiro atoms. The van der Waals surface area contributed by atoms with Crippen LogP contribution in [0.15, 0.2) is 15.8 Å². The highest BCUT2D eigenvalue weighted by atomic mass is 32.2. The fourth-order valence-electron chi connectivity index (χ4n) is 1.28. The maximum absolute atomic E-state index is 10.9. The third-order valence-electron chi connectivity index (χ3n) is 2.21. The Morgan fingerprint density at radius 2 is 2.10 bits per heavy atom. The number of aliphatic imine (C=N–C) groups is 1. The van der Waals surface area contributed by atoms with Gasteiger partial charge >= 0.3 is 0 Å². The lowest BCUT2D eigenvalue weighted by molar-refractivity contribution is -0.119. The molecule has 0 unspecified atom stereocenters. The number of thioether (sulfide) groups is 1. The SMILES string of the molecule is CS/C(N)=N/c1nc(-c2csc(CNC(C)=O)n2)cs1. The molecule has 2 heterocycles. The topological polar surface area (TPSA) is 93.3 Å². The number of hydrogen-bond acceptors (Lipinski definition) is 7. The molecule has 2 aromatic rings. The molecule has 2 rings (SSSR count). The maximum atomic E-state index is 10.9. The normalized spacial score (nSPS) is 11.6. The van der Waals surface area contributed by atoms with Gasteiger partial charge < -0.3 is 11.1 Å². The number of amidine groups is 1. The van der Waals surface area contributed by atoms with E-state index in [1.165, 1.54) is 41.4 Å². The van der Waals surface area contributed by atoms with Gasteiger partial charge in [0, 0.05) is 17.7 Å². The smallest absolute Gasteiger partial charge is 0.217 e. The Morgan fingerprint density at radius 1 is 1.40 bits per heavy atom. The lowest BCUT2D eigenvalue weighted by Gasteiger charge is -1.96. The Bertz CT molecular complexity index is 634. The predicted molar refractivity (Wildman–Crippen MR) is 85.5 cm³/mol. The molecule has 20 heavy (non-hydrogen) atoms. The minimum absolute atomic E-state index is 0.0698. The van der Waals surface area contributed by atoms with E-state index in [0.29, 0.717) is 16.8 Å². The van der Waals surface area contributed by atoms with Crippen molar-refractivity contribution >= 4 is 50.6 Å². The predicted octanol–water partition coefficient (Wildman–Crippen LogP) is 2.21. The minimum atomic E-state index is -0.0698. The number of hydrogen-bond donors (Lipinski definition) is 2. The third kappa shape index (κ3) is 4.02. The summed E-state index contributed by atoms with van der Waals surface area (Å²) in [6.45, 7) is 1.92. The fraction of sp³-hybridized carbons (Fsp3) is 0.273. The van der Waals surface area contributed by atoms with Crippen molar-refractivity contribution in [3.05, 3.63) is 15.8 Å². The van der Waals surface area contributed by atoms with Crippen molar-refractivity contribution in [1.82, 2.24) is 15.3 Å². The van der Waals surface area contributed by atoms with E-state index in [0.717, 1.165) is 16.4 Å². The Kier molecular flexibility index (Phi) is 5.10. The van der Waals surface area contributed by atoms with Gasteiger partial charge in [-0.2, -0.15) is 4.99 Å². The first-order valence-electron chi connectivity index (χ1n) is 5.61. The summed E-state index contributed by atoms with van der Waals surface area (Å²) in [5, 5.41) is 8.46. The van der Waals surface area contributed by atoms with Gasteiger partial charge in [-0.05, 0) is 6.26 Å². The van der Waals surface area contributed by atoms with E-state index in [2.05, 4.69) is 20.3 Å². The summed E-state index contributed by atoms with van der Waals surface area (Å²) in [5.41, 5.74) is 7.21. The first kappa shape index (κ1) is 14.9. The van der Waals surface area contributed by atoms with E-state index in [9.17, 15) is 4.79 Å². The van der Waals surface area contributed by atoms with Gasteiger partial charge in [0.15, 0.2) is 5.17 Å². The van der Waals surface area contributed by atoms with E-state index in [4.69, 9.17) is 5.73 Å². The van der Waals surface area contributed by atoms with E-state index in [-0.39, 0.29) is 5.91 Å². The summed E-state index contributed by atoms with van der Waals surface area (Å²) in [5.74, 6) is -0.0698. The second kappa shape index (κ2) is 6.82. The number of nitrogens with zero attached hydrogens (tertiary/aromatic N) is 3. The standard InChI is InChI=1S/C11H13N5OS3/c1-6(17)13-3-9-14-7(4-19-9)8-5-20-11(15-8)16-10(12)18-2/h4-5H,3H2,1-2H3,(H,13,17)(H2,12,15,16). The number of amides is 1. The highest BCUT2D eigenvalue weighted by molar-refractivity contribution is 8.13. The van der Waals surface area contributed by atoms with Gasteiger partial charge in [-0.15, -0.1) is 22.7 Å². The molecule has 2 aromatic heterocycles. The van der Waals surface area contributed by atoms with Crippen LogP contribution >= 0.6 is 34.4 Å². The van der Waals surface area contributed by atoms with Crippen LogP contribution in [0.2, 0.25) is 0 Å². The molecule has 0 radical (unpaired) electrons. The lowest BCUT2D eigenvalue weighted by atomic mass is 10.4. The van der Waals surface area contributed by atoms with Gasteiger partial charge in [-0.25, -0.2) is 9.97 Å². The quantitative estimate of drug-likeness (QED) is 0.663. The van der Waals surface area contributed by atoms with Crippen LogP contribution in [-0.2, 0) is 11.3 Å². The van der Waals surface area contributed by atoms with Crippen LogP contribution in [0.3, 0.4) is 0 Å². The summed E-state index contributed by atoms with van der Waals surface area (Å²) in [7, 11) is 0. The van der Waals surface area contributed by atoms with E-state index < -0.39 is 0 Å². The van der Waals surface area contributed by atoms with Crippen molar-refractivity contribution in [2.75, 3.05) is 6.26 Å². The zero-order chi connectivity index (χ0) is 14.5. The van der Waals surface area contributed by atoms with E-state index >= 15 is 0 Å². The number of nitrogens with two attached hydrogens (primary N) is 1. The second-order valence-corrected chi connectivity index (χ2v) is 6.31. The molecule has 1 amide bonds.